The molecule has 0 aromatic heterocycles. The second-order valence-corrected chi connectivity index (χ2v) is 8.32. The minimum atomic E-state index is -3.78. The van der Waals surface area contributed by atoms with Gasteiger partial charge < -0.3 is 5.32 Å². The molecule has 1 saturated heterocycles. The van der Waals surface area contributed by atoms with Crippen molar-refractivity contribution in [3.63, 3.8) is 0 Å². The summed E-state index contributed by atoms with van der Waals surface area (Å²) in [5, 5.41) is 2.85. The molecule has 1 aliphatic rings. The first-order chi connectivity index (χ1) is 9.86. The van der Waals surface area contributed by atoms with E-state index in [-0.39, 0.29) is 11.4 Å². The molecule has 0 unspecified atom stereocenters. The fourth-order valence-corrected chi connectivity index (χ4v) is 4.75. The number of benzene rings is 1. The smallest absolute Gasteiger partial charge is 0.246 e. The zero-order valence-electron chi connectivity index (χ0n) is 12.2. The van der Waals surface area contributed by atoms with Crippen LogP contribution in [-0.4, -0.2) is 32.9 Å². The Morgan fingerprint density at radius 1 is 1.38 bits per heavy atom. The Morgan fingerprint density at radius 2 is 2.00 bits per heavy atom. The Labute approximate surface area is 133 Å². The summed E-state index contributed by atoms with van der Waals surface area (Å²) < 4.78 is 41.8. The first-order valence-corrected chi connectivity index (χ1v) is 9.22. The van der Waals surface area contributed by atoms with Crippen molar-refractivity contribution in [2.45, 2.75) is 31.2 Å². The molecule has 0 spiro atoms. The molecular weight excluding hydrogens is 359 g/mol. The summed E-state index contributed by atoms with van der Waals surface area (Å²) in [6, 6.07) is 2.95. The normalized spacial score (nSPS) is 18.1. The van der Waals surface area contributed by atoms with Gasteiger partial charge >= 0.3 is 0 Å². The summed E-state index contributed by atoms with van der Waals surface area (Å²) >= 11 is 3.27. The summed E-state index contributed by atoms with van der Waals surface area (Å²) in [6.45, 7) is 3.30. The highest BCUT2D eigenvalue weighted by Crippen LogP contribution is 2.29. The van der Waals surface area contributed by atoms with E-state index < -0.39 is 15.8 Å². The Hall–Kier alpha value is -0.500. The van der Waals surface area contributed by atoms with E-state index in [4.69, 9.17) is 0 Å². The second kappa shape index (κ2) is 6.73. The van der Waals surface area contributed by atoms with Crippen molar-refractivity contribution in [1.82, 2.24) is 9.62 Å². The Kier molecular flexibility index (Phi) is 5.40. The van der Waals surface area contributed by atoms with E-state index in [1.165, 1.54) is 10.4 Å². The van der Waals surface area contributed by atoms with Gasteiger partial charge in [0.2, 0.25) is 10.0 Å². The van der Waals surface area contributed by atoms with Gasteiger partial charge in [-0.05, 0) is 37.9 Å². The molecule has 1 aromatic rings. The highest BCUT2D eigenvalue weighted by atomic mass is 79.9. The molecule has 0 atom stereocenters. The van der Waals surface area contributed by atoms with E-state index in [0.717, 1.165) is 12.8 Å². The van der Waals surface area contributed by atoms with Gasteiger partial charge in [0, 0.05) is 29.7 Å². The predicted molar refractivity (Wildman–Crippen MR) is 84.0 cm³/mol. The van der Waals surface area contributed by atoms with Gasteiger partial charge in [-0.3, -0.25) is 0 Å². The first kappa shape index (κ1) is 16.9. The lowest BCUT2D eigenvalue weighted by atomic mass is 10.0. The van der Waals surface area contributed by atoms with Crippen molar-refractivity contribution >= 4 is 26.0 Å². The molecule has 4 nitrogen and oxygen atoms in total. The molecule has 1 aliphatic heterocycles. The zero-order valence-corrected chi connectivity index (χ0v) is 14.6. The summed E-state index contributed by atoms with van der Waals surface area (Å²) in [5.41, 5.74) is 0.343. The molecule has 7 heteroatoms. The SMILES string of the molecule is CNCc1cc(Br)cc(S(=O)(=O)N2CCC(C)CC2)c1F. The molecule has 1 N–H and O–H groups in total. The van der Waals surface area contributed by atoms with Crippen LogP contribution in [0.1, 0.15) is 25.3 Å². The minimum absolute atomic E-state index is 0.239. The average molecular weight is 379 g/mol. The van der Waals surface area contributed by atoms with Crippen molar-refractivity contribution in [2.75, 3.05) is 20.1 Å². The Morgan fingerprint density at radius 3 is 2.57 bits per heavy atom. The average Bonchev–Trinajstić information content (AvgIpc) is 2.43. The maximum absolute atomic E-state index is 14.5. The van der Waals surface area contributed by atoms with Crippen LogP contribution in [0, 0.1) is 11.7 Å². The van der Waals surface area contributed by atoms with E-state index >= 15 is 0 Å². The topological polar surface area (TPSA) is 49.4 Å². The van der Waals surface area contributed by atoms with E-state index in [1.807, 2.05) is 0 Å². The molecule has 0 amide bonds. The number of hydrogen-bond donors (Lipinski definition) is 1. The van der Waals surface area contributed by atoms with Gasteiger partial charge in [-0.15, -0.1) is 0 Å². The third kappa shape index (κ3) is 3.64. The van der Waals surface area contributed by atoms with Crippen molar-refractivity contribution in [2.24, 2.45) is 5.92 Å². The molecule has 118 valence electrons. The van der Waals surface area contributed by atoms with Crippen molar-refractivity contribution in [1.29, 1.82) is 0 Å². The summed E-state index contributed by atoms with van der Waals surface area (Å²) in [5.74, 6) is -0.144. The molecule has 0 aliphatic carbocycles. The van der Waals surface area contributed by atoms with E-state index in [0.29, 0.717) is 29.0 Å². The van der Waals surface area contributed by atoms with Gasteiger partial charge in [-0.1, -0.05) is 22.9 Å². The van der Waals surface area contributed by atoms with E-state index in [1.54, 1.807) is 13.1 Å². The van der Waals surface area contributed by atoms with Gasteiger partial charge in [0.1, 0.15) is 10.7 Å². The predicted octanol–water partition coefficient (Wildman–Crippen LogP) is 2.73. The third-order valence-electron chi connectivity index (χ3n) is 3.81. The number of nitrogens with one attached hydrogen (secondary N) is 1. The third-order valence-corrected chi connectivity index (χ3v) is 6.16. The van der Waals surface area contributed by atoms with Gasteiger partial charge in [0.15, 0.2) is 0 Å². The molecule has 0 saturated carbocycles. The standard InChI is InChI=1S/C14H20BrFN2O2S/c1-10-3-5-18(6-4-10)21(19,20)13-8-12(15)7-11(9-17-2)14(13)16/h7-8,10,17H,3-6,9H2,1-2H3. The van der Waals surface area contributed by atoms with Gasteiger partial charge in [0.05, 0.1) is 0 Å². The molecule has 0 bridgehead atoms. The van der Waals surface area contributed by atoms with Crippen LogP contribution in [0.3, 0.4) is 0 Å². The van der Waals surface area contributed by atoms with Crippen LogP contribution in [0.15, 0.2) is 21.5 Å². The number of halogens is 2. The lowest BCUT2D eigenvalue weighted by Gasteiger charge is -2.29. The maximum atomic E-state index is 14.5. The molecule has 21 heavy (non-hydrogen) atoms. The Balaban J connectivity index is 2.40. The zero-order chi connectivity index (χ0) is 15.6. The summed E-state index contributed by atoms with van der Waals surface area (Å²) in [6.07, 6.45) is 1.64. The van der Waals surface area contributed by atoms with Gasteiger partial charge in [-0.2, -0.15) is 4.31 Å². The van der Waals surface area contributed by atoms with Crippen LogP contribution < -0.4 is 5.32 Å². The van der Waals surface area contributed by atoms with Crippen LogP contribution >= 0.6 is 15.9 Å². The number of sulfonamides is 1. The fraction of sp³-hybridized carbons (Fsp3) is 0.571. The quantitative estimate of drug-likeness (QED) is 0.875. The van der Waals surface area contributed by atoms with Gasteiger partial charge in [0.25, 0.3) is 0 Å². The lowest BCUT2D eigenvalue weighted by Crippen LogP contribution is -2.38. The second-order valence-electron chi connectivity index (χ2n) is 5.49. The number of rotatable bonds is 4. The Bertz CT molecular complexity index is 614. The highest BCUT2D eigenvalue weighted by molar-refractivity contribution is 9.10. The minimum Gasteiger partial charge on any atom is -0.316 e. The van der Waals surface area contributed by atoms with Crippen molar-refractivity contribution in [3.05, 3.63) is 28.0 Å². The maximum Gasteiger partial charge on any atom is 0.246 e. The molecule has 1 fully saturated rings. The first-order valence-electron chi connectivity index (χ1n) is 6.99. The molecule has 2 rings (SSSR count). The number of nitrogens with zero attached hydrogens (tertiary/aromatic N) is 1. The lowest BCUT2D eigenvalue weighted by molar-refractivity contribution is 0.287. The van der Waals surface area contributed by atoms with Crippen molar-refractivity contribution in [3.8, 4) is 0 Å². The van der Waals surface area contributed by atoms with Crippen LogP contribution in [0.4, 0.5) is 4.39 Å². The molecule has 1 aromatic carbocycles. The van der Waals surface area contributed by atoms with Crippen LogP contribution in [-0.2, 0) is 16.6 Å². The fourth-order valence-electron chi connectivity index (χ4n) is 2.49. The van der Waals surface area contributed by atoms with Gasteiger partial charge in [-0.25, -0.2) is 12.8 Å². The monoisotopic (exact) mass is 378 g/mol. The number of piperidine rings is 1. The summed E-state index contributed by atoms with van der Waals surface area (Å²) in [4.78, 5) is -0.239. The molecular formula is C14H20BrFN2O2S. The number of hydrogen-bond acceptors (Lipinski definition) is 3. The summed E-state index contributed by atoms with van der Waals surface area (Å²) in [7, 11) is -2.08. The van der Waals surface area contributed by atoms with E-state index in [9.17, 15) is 12.8 Å². The molecule has 0 radical (unpaired) electrons. The van der Waals surface area contributed by atoms with Crippen LogP contribution in [0.2, 0.25) is 0 Å². The van der Waals surface area contributed by atoms with Crippen molar-refractivity contribution < 1.29 is 12.8 Å². The van der Waals surface area contributed by atoms with Crippen LogP contribution in [0.25, 0.3) is 0 Å². The highest BCUT2D eigenvalue weighted by Gasteiger charge is 2.31. The largest absolute Gasteiger partial charge is 0.316 e. The molecule has 1 heterocycles. The van der Waals surface area contributed by atoms with Crippen LogP contribution in [0.5, 0.6) is 0 Å². The van der Waals surface area contributed by atoms with E-state index in [2.05, 4.69) is 28.2 Å².